The van der Waals surface area contributed by atoms with E-state index in [2.05, 4.69) is 28.7 Å². The van der Waals surface area contributed by atoms with Crippen LogP contribution in [0.15, 0.2) is 12.3 Å². The second kappa shape index (κ2) is 6.39. The van der Waals surface area contributed by atoms with Gasteiger partial charge in [-0.25, -0.2) is 9.97 Å². The zero-order chi connectivity index (χ0) is 14.7. The van der Waals surface area contributed by atoms with Crippen molar-refractivity contribution >= 4 is 23.5 Å². The van der Waals surface area contributed by atoms with Crippen LogP contribution in [0.4, 0.5) is 5.95 Å². The minimum atomic E-state index is -0.703. The number of aromatic nitrogens is 2. The van der Waals surface area contributed by atoms with Crippen molar-refractivity contribution in [3.05, 3.63) is 17.4 Å². The van der Waals surface area contributed by atoms with Crippen LogP contribution in [-0.2, 0) is 4.79 Å². The molecule has 1 saturated heterocycles. The molecular weight excluding hydrogens is 278 g/mol. The molecule has 0 spiro atoms. The summed E-state index contributed by atoms with van der Waals surface area (Å²) in [6.45, 7) is 4.94. The van der Waals surface area contributed by atoms with Gasteiger partial charge in [0.1, 0.15) is 5.15 Å². The highest BCUT2D eigenvalue weighted by Crippen LogP contribution is 2.30. The van der Waals surface area contributed by atoms with E-state index < -0.39 is 5.97 Å². The minimum Gasteiger partial charge on any atom is -0.481 e. The molecule has 1 aliphatic heterocycles. The molecule has 0 saturated carbocycles. The fraction of sp³-hybridized carbons (Fsp3) is 0.643. The average molecular weight is 298 g/mol. The van der Waals surface area contributed by atoms with E-state index in [1.54, 1.807) is 12.3 Å². The van der Waals surface area contributed by atoms with Gasteiger partial charge in [0.25, 0.3) is 0 Å². The second-order valence-corrected chi connectivity index (χ2v) is 6.10. The molecule has 20 heavy (non-hydrogen) atoms. The van der Waals surface area contributed by atoms with Gasteiger partial charge in [-0.1, -0.05) is 25.4 Å². The molecule has 0 bridgehead atoms. The number of hydrogen-bond acceptors (Lipinski definition) is 4. The lowest BCUT2D eigenvalue weighted by molar-refractivity contribution is -0.142. The quantitative estimate of drug-likeness (QED) is 0.866. The van der Waals surface area contributed by atoms with Gasteiger partial charge in [-0.3, -0.25) is 4.79 Å². The number of anilines is 1. The monoisotopic (exact) mass is 297 g/mol. The lowest BCUT2D eigenvalue weighted by Gasteiger charge is -2.39. The zero-order valence-corrected chi connectivity index (χ0v) is 12.5. The van der Waals surface area contributed by atoms with Gasteiger partial charge in [0.15, 0.2) is 0 Å². The van der Waals surface area contributed by atoms with E-state index in [0.717, 1.165) is 6.42 Å². The fourth-order valence-corrected chi connectivity index (χ4v) is 2.90. The number of aliphatic carboxylic acids is 1. The van der Waals surface area contributed by atoms with E-state index >= 15 is 0 Å². The van der Waals surface area contributed by atoms with Crippen molar-refractivity contribution in [3.63, 3.8) is 0 Å². The number of rotatable bonds is 4. The Morgan fingerprint density at radius 3 is 2.95 bits per heavy atom. The Morgan fingerprint density at radius 2 is 2.35 bits per heavy atom. The van der Waals surface area contributed by atoms with Crippen LogP contribution in [0.5, 0.6) is 0 Å². The van der Waals surface area contributed by atoms with Gasteiger partial charge in [0.2, 0.25) is 5.95 Å². The van der Waals surface area contributed by atoms with E-state index in [-0.39, 0.29) is 12.0 Å². The molecular formula is C14H20ClN3O2. The maximum Gasteiger partial charge on any atom is 0.306 e. The first-order valence-electron chi connectivity index (χ1n) is 6.95. The Balaban J connectivity index is 2.19. The van der Waals surface area contributed by atoms with E-state index in [1.807, 2.05) is 0 Å². The van der Waals surface area contributed by atoms with Crippen molar-refractivity contribution in [1.82, 2.24) is 9.97 Å². The number of piperidine rings is 1. The third-order valence-corrected chi connectivity index (χ3v) is 3.88. The van der Waals surface area contributed by atoms with Crippen molar-refractivity contribution < 1.29 is 9.90 Å². The summed E-state index contributed by atoms with van der Waals surface area (Å²) in [7, 11) is 0. The smallest absolute Gasteiger partial charge is 0.306 e. The van der Waals surface area contributed by atoms with Crippen molar-refractivity contribution in [2.24, 2.45) is 11.8 Å². The third-order valence-electron chi connectivity index (χ3n) is 3.67. The number of carboxylic acids is 1. The molecule has 1 aromatic rings. The highest BCUT2D eigenvalue weighted by atomic mass is 35.5. The van der Waals surface area contributed by atoms with E-state index in [0.29, 0.717) is 36.4 Å². The molecule has 110 valence electrons. The van der Waals surface area contributed by atoms with Gasteiger partial charge >= 0.3 is 5.97 Å². The molecule has 2 atom stereocenters. The molecule has 0 aliphatic carbocycles. The molecule has 0 radical (unpaired) electrons. The third kappa shape index (κ3) is 3.60. The predicted molar refractivity (Wildman–Crippen MR) is 78.0 cm³/mol. The Kier molecular flexibility index (Phi) is 4.81. The van der Waals surface area contributed by atoms with Crippen molar-refractivity contribution in [2.75, 3.05) is 11.4 Å². The lowest BCUT2D eigenvalue weighted by Crippen LogP contribution is -2.45. The van der Waals surface area contributed by atoms with Crippen LogP contribution >= 0.6 is 11.6 Å². The molecule has 0 aromatic carbocycles. The summed E-state index contributed by atoms with van der Waals surface area (Å²) in [5.41, 5.74) is 0. The molecule has 1 N–H and O–H groups in total. The molecule has 1 aromatic heterocycles. The fourth-order valence-electron chi connectivity index (χ4n) is 2.77. The van der Waals surface area contributed by atoms with Gasteiger partial charge in [0.05, 0.1) is 5.92 Å². The molecule has 2 heterocycles. The Bertz CT molecular complexity index is 481. The highest BCUT2D eigenvalue weighted by molar-refractivity contribution is 6.29. The first kappa shape index (κ1) is 15.0. The number of nitrogens with zero attached hydrogens (tertiary/aromatic N) is 3. The molecule has 1 aliphatic rings. The molecule has 5 nitrogen and oxygen atoms in total. The average Bonchev–Trinajstić information content (AvgIpc) is 2.37. The van der Waals surface area contributed by atoms with Gasteiger partial charge in [-0.2, -0.15) is 0 Å². The van der Waals surface area contributed by atoms with Crippen LogP contribution in [-0.4, -0.2) is 33.6 Å². The van der Waals surface area contributed by atoms with Gasteiger partial charge in [-0.05, 0) is 31.2 Å². The maximum absolute atomic E-state index is 11.2. The minimum absolute atomic E-state index is 0.156. The van der Waals surface area contributed by atoms with E-state index in [1.165, 1.54) is 0 Å². The van der Waals surface area contributed by atoms with Gasteiger partial charge < -0.3 is 10.0 Å². The van der Waals surface area contributed by atoms with Crippen molar-refractivity contribution in [2.45, 2.75) is 39.2 Å². The molecule has 6 heteroatoms. The van der Waals surface area contributed by atoms with Crippen LogP contribution in [0.25, 0.3) is 0 Å². The molecule has 2 rings (SSSR count). The summed E-state index contributed by atoms with van der Waals surface area (Å²) in [5.74, 6) is 0.126. The topological polar surface area (TPSA) is 66.3 Å². The maximum atomic E-state index is 11.2. The zero-order valence-electron chi connectivity index (χ0n) is 11.8. The number of halogens is 1. The van der Waals surface area contributed by atoms with Crippen LogP contribution < -0.4 is 4.90 Å². The summed E-state index contributed by atoms with van der Waals surface area (Å²) in [5, 5.41) is 9.64. The highest BCUT2D eigenvalue weighted by Gasteiger charge is 2.33. The van der Waals surface area contributed by atoms with E-state index in [9.17, 15) is 9.90 Å². The summed E-state index contributed by atoms with van der Waals surface area (Å²) in [6.07, 6.45) is 3.84. The standard InChI is InChI=1S/C14H20ClN3O2/c1-9(2)7-11-8-10(13(19)20)4-6-18(11)14-16-5-3-12(15)17-14/h3,5,9-11H,4,6-8H2,1-2H3,(H,19,20). The largest absolute Gasteiger partial charge is 0.481 e. The first-order valence-corrected chi connectivity index (χ1v) is 7.33. The number of carbonyl (C=O) groups is 1. The molecule has 2 unspecified atom stereocenters. The summed E-state index contributed by atoms with van der Waals surface area (Å²) in [4.78, 5) is 21.8. The lowest BCUT2D eigenvalue weighted by atomic mass is 9.87. The summed E-state index contributed by atoms with van der Waals surface area (Å²) < 4.78 is 0. The van der Waals surface area contributed by atoms with Crippen LogP contribution in [0.3, 0.4) is 0 Å². The SMILES string of the molecule is CC(C)CC1CC(C(=O)O)CCN1c1nccc(Cl)n1. The first-order chi connectivity index (χ1) is 9.47. The van der Waals surface area contributed by atoms with Crippen LogP contribution in [0.1, 0.15) is 33.1 Å². The second-order valence-electron chi connectivity index (χ2n) is 5.72. The Morgan fingerprint density at radius 1 is 1.60 bits per heavy atom. The van der Waals surface area contributed by atoms with Crippen LogP contribution in [0.2, 0.25) is 5.15 Å². The van der Waals surface area contributed by atoms with Crippen molar-refractivity contribution in [1.29, 1.82) is 0 Å². The van der Waals surface area contributed by atoms with E-state index in [4.69, 9.17) is 11.6 Å². The molecule has 1 fully saturated rings. The van der Waals surface area contributed by atoms with Gasteiger partial charge in [0, 0.05) is 18.8 Å². The van der Waals surface area contributed by atoms with Crippen LogP contribution in [0, 0.1) is 11.8 Å². The number of hydrogen-bond donors (Lipinski definition) is 1. The normalized spacial score (nSPS) is 23.1. The van der Waals surface area contributed by atoms with Gasteiger partial charge in [-0.15, -0.1) is 0 Å². The predicted octanol–water partition coefficient (Wildman–Crippen LogP) is 2.85. The number of carboxylic acid groups (broad SMARTS) is 1. The van der Waals surface area contributed by atoms with Crippen molar-refractivity contribution in [3.8, 4) is 0 Å². The Labute approximate surface area is 124 Å². The summed E-state index contributed by atoms with van der Waals surface area (Å²) in [6, 6.07) is 1.80. The Hall–Kier alpha value is -1.36. The summed E-state index contributed by atoms with van der Waals surface area (Å²) >= 11 is 5.92. The molecule has 0 amide bonds.